The molecule has 1 aliphatic heterocycles. The van der Waals surface area contributed by atoms with E-state index in [1.54, 1.807) is 0 Å². The summed E-state index contributed by atoms with van der Waals surface area (Å²) >= 11 is 0. The van der Waals surface area contributed by atoms with Crippen molar-refractivity contribution in [2.24, 2.45) is 11.3 Å². The predicted octanol–water partition coefficient (Wildman–Crippen LogP) is 5.02. The topological polar surface area (TPSA) is 92.5 Å². The van der Waals surface area contributed by atoms with Gasteiger partial charge in [0, 0.05) is 11.1 Å². The quantitative estimate of drug-likeness (QED) is 0.553. The summed E-state index contributed by atoms with van der Waals surface area (Å²) in [6, 6.07) is 9.44. The number of carbonyl (C=O) groups excluding carboxylic acids is 3. The molecule has 0 radical (unpaired) electrons. The molecule has 2 aliphatic rings. The number of rotatable bonds is 3. The normalized spacial score (nSPS) is 17.5. The smallest absolute Gasteiger partial charge is 0.266 e. The summed E-state index contributed by atoms with van der Waals surface area (Å²) in [7, 11) is 0. The molecule has 34 heavy (non-hydrogen) atoms. The monoisotopic (exact) mass is 461 g/mol. The molecule has 2 aromatic carbocycles. The van der Waals surface area contributed by atoms with Gasteiger partial charge in [-0.2, -0.15) is 0 Å². The molecular weight excluding hydrogens is 437 g/mol. The van der Waals surface area contributed by atoms with E-state index in [0.29, 0.717) is 11.8 Å². The summed E-state index contributed by atoms with van der Waals surface area (Å²) in [4.78, 5) is 39.7. The van der Waals surface area contributed by atoms with Gasteiger partial charge in [-0.15, -0.1) is 0 Å². The Morgan fingerprint density at radius 2 is 1.79 bits per heavy atom. The van der Waals surface area contributed by atoms with E-state index in [1.807, 2.05) is 0 Å². The van der Waals surface area contributed by atoms with Crippen LogP contribution in [0.3, 0.4) is 0 Å². The number of benzene rings is 2. The second-order valence-corrected chi connectivity index (χ2v) is 9.88. The third kappa shape index (κ3) is 3.69. The molecule has 2 heterocycles. The van der Waals surface area contributed by atoms with Gasteiger partial charge in [0.05, 0.1) is 22.5 Å². The minimum Gasteiger partial charge on any atom is -0.338 e. The first-order valence-corrected chi connectivity index (χ1v) is 11.2. The van der Waals surface area contributed by atoms with Crippen LogP contribution in [0.5, 0.6) is 0 Å². The first-order valence-electron chi connectivity index (χ1n) is 11.2. The van der Waals surface area contributed by atoms with E-state index in [-0.39, 0.29) is 27.8 Å². The largest absolute Gasteiger partial charge is 0.338 e. The lowest BCUT2D eigenvalue weighted by atomic mass is 9.72. The van der Waals surface area contributed by atoms with E-state index in [4.69, 9.17) is 4.52 Å². The second kappa shape index (κ2) is 7.90. The number of anilines is 2. The van der Waals surface area contributed by atoms with Crippen LogP contribution in [0.15, 0.2) is 47.0 Å². The lowest BCUT2D eigenvalue weighted by Crippen LogP contribution is -2.29. The van der Waals surface area contributed by atoms with E-state index in [9.17, 15) is 18.8 Å². The van der Waals surface area contributed by atoms with Crippen molar-refractivity contribution >= 4 is 29.3 Å². The first kappa shape index (κ1) is 22.0. The Morgan fingerprint density at radius 1 is 1.09 bits per heavy atom. The molecular formula is C26H24FN3O4. The molecule has 0 saturated carbocycles. The highest BCUT2D eigenvalue weighted by atomic mass is 19.1. The zero-order valence-corrected chi connectivity index (χ0v) is 19.1. The Balaban J connectivity index is 1.38. The van der Waals surface area contributed by atoms with Crippen LogP contribution in [0.25, 0.3) is 0 Å². The van der Waals surface area contributed by atoms with Crippen molar-refractivity contribution in [3.8, 4) is 0 Å². The van der Waals surface area contributed by atoms with Crippen LogP contribution in [0, 0.1) is 17.2 Å². The van der Waals surface area contributed by atoms with Gasteiger partial charge in [-0.05, 0) is 73.1 Å². The van der Waals surface area contributed by atoms with Gasteiger partial charge >= 0.3 is 0 Å². The molecule has 1 atom stereocenters. The van der Waals surface area contributed by atoms with E-state index in [2.05, 4.69) is 31.2 Å². The van der Waals surface area contributed by atoms with Crippen LogP contribution >= 0.6 is 0 Å². The highest BCUT2D eigenvalue weighted by Crippen LogP contribution is 2.39. The molecule has 174 valence electrons. The molecule has 0 spiro atoms. The van der Waals surface area contributed by atoms with Crippen molar-refractivity contribution < 1.29 is 23.3 Å². The number of halogens is 1. The summed E-state index contributed by atoms with van der Waals surface area (Å²) in [6.07, 6.45) is 2.58. The Kier molecular flexibility index (Phi) is 5.11. The van der Waals surface area contributed by atoms with Crippen molar-refractivity contribution in [2.45, 2.75) is 40.0 Å². The number of imide groups is 1. The molecule has 3 aromatic rings. The van der Waals surface area contributed by atoms with Gasteiger partial charge < -0.3 is 4.52 Å². The molecule has 1 N–H and O–H groups in total. The minimum absolute atomic E-state index is 0.120. The highest BCUT2D eigenvalue weighted by Gasteiger charge is 2.37. The van der Waals surface area contributed by atoms with E-state index in [0.717, 1.165) is 35.4 Å². The van der Waals surface area contributed by atoms with Crippen molar-refractivity contribution in [3.05, 3.63) is 76.2 Å². The number of hydrogen-bond acceptors (Lipinski definition) is 5. The zero-order chi connectivity index (χ0) is 24.2. The number of nitrogens with one attached hydrogen (secondary N) is 1. The minimum atomic E-state index is -0.564. The lowest BCUT2D eigenvalue weighted by molar-refractivity contribution is 0.0925. The van der Waals surface area contributed by atoms with Gasteiger partial charge in [0.2, 0.25) is 5.88 Å². The molecule has 0 bridgehead atoms. The van der Waals surface area contributed by atoms with Gasteiger partial charge in [-0.1, -0.05) is 25.9 Å². The number of aromatic nitrogens is 1. The fraction of sp³-hybridized carbons (Fsp3) is 0.308. The van der Waals surface area contributed by atoms with Crippen molar-refractivity contribution in [1.82, 2.24) is 5.16 Å². The average molecular weight is 461 g/mol. The Morgan fingerprint density at radius 3 is 2.50 bits per heavy atom. The maximum Gasteiger partial charge on any atom is 0.266 e. The molecule has 1 aliphatic carbocycles. The predicted molar refractivity (Wildman–Crippen MR) is 123 cm³/mol. The molecule has 1 aromatic heterocycles. The third-order valence-corrected chi connectivity index (χ3v) is 6.74. The number of carbonyl (C=O) groups is 3. The van der Waals surface area contributed by atoms with Gasteiger partial charge in [0.25, 0.3) is 17.7 Å². The van der Waals surface area contributed by atoms with Gasteiger partial charge in [0.15, 0.2) is 0 Å². The number of nitrogens with zero attached hydrogens (tertiary/aromatic N) is 2. The molecule has 8 heteroatoms. The third-order valence-electron chi connectivity index (χ3n) is 6.74. The Hall–Kier alpha value is -3.81. The molecule has 1 unspecified atom stereocenters. The van der Waals surface area contributed by atoms with Crippen LogP contribution in [0.1, 0.15) is 69.5 Å². The summed E-state index contributed by atoms with van der Waals surface area (Å²) < 4.78 is 18.7. The lowest BCUT2D eigenvalue weighted by Gasteiger charge is -2.33. The average Bonchev–Trinajstić information content (AvgIpc) is 3.31. The van der Waals surface area contributed by atoms with Crippen molar-refractivity contribution in [3.63, 3.8) is 0 Å². The van der Waals surface area contributed by atoms with Crippen molar-refractivity contribution in [2.75, 3.05) is 10.2 Å². The summed E-state index contributed by atoms with van der Waals surface area (Å²) in [6.45, 7) is 6.60. The van der Waals surface area contributed by atoms with Crippen molar-refractivity contribution in [1.29, 1.82) is 0 Å². The zero-order valence-electron chi connectivity index (χ0n) is 19.1. The maximum absolute atomic E-state index is 13.3. The molecule has 5 rings (SSSR count). The molecule has 0 saturated heterocycles. The fourth-order valence-electron chi connectivity index (χ4n) is 4.63. The van der Waals surface area contributed by atoms with Gasteiger partial charge in [-0.25, -0.2) is 9.29 Å². The van der Waals surface area contributed by atoms with E-state index >= 15 is 0 Å². The van der Waals surface area contributed by atoms with E-state index < -0.39 is 23.5 Å². The highest BCUT2D eigenvalue weighted by molar-refractivity contribution is 6.34. The van der Waals surface area contributed by atoms with Crippen LogP contribution in [0.2, 0.25) is 0 Å². The van der Waals surface area contributed by atoms with Gasteiger partial charge in [0.1, 0.15) is 5.82 Å². The summed E-state index contributed by atoms with van der Waals surface area (Å²) in [5.41, 5.74) is 2.69. The number of aryl methyl sites for hydroxylation is 1. The second-order valence-electron chi connectivity index (χ2n) is 9.88. The summed E-state index contributed by atoms with van der Waals surface area (Å²) in [5, 5.41) is 6.91. The molecule has 3 amide bonds. The fourth-order valence-corrected chi connectivity index (χ4v) is 4.63. The number of fused-ring (bicyclic) bond motifs is 2. The SMILES string of the molecule is CC(C)(C)C1CCc2noc(NC(=O)c3ccc4c(c3)C(=O)N(c3ccc(F)cc3)C4=O)c2C1. The molecule has 7 nitrogen and oxygen atoms in total. The Bertz CT molecular complexity index is 1320. The Labute approximate surface area is 195 Å². The van der Waals surface area contributed by atoms with Crippen LogP contribution in [0.4, 0.5) is 16.0 Å². The van der Waals surface area contributed by atoms with Crippen LogP contribution in [-0.2, 0) is 12.8 Å². The van der Waals surface area contributed by atoms with Gasteiger partial charge in [-0.3, -0.25) is 19.7 Å². The molecule has 0 fully saturated rings. The van der Waals surface area contributed by atoms with Crippen LogP contribution in [-0.4, -0.2) is 22.9 Å². The number of hydrogen-bond donors (Lipinski definition) is 1. The summed E-state index contributed by atoms with van der Waals surface area (Å²) in [5.74, 6) is -1.24. The maximum atomic E-state index is 13.3. The van der Waals surface area contributed by atoms with Crippen LogP contribution < -0.4 is 10.2 Å². The van der Waals surface area contributed by atoms with E-state index in [1.165, 1.54) is 42.5 Å². The number of amides is 3. The first-order chi connectivity index (χ1) is 16.1. The standard InChI is InChI=1S/C26H24FN3O4/c1-26(2,3)15-5-11-21-20(13-15)23(34-29-21)28-22(31)14-4-10-18-19(12-14)25(33)30(24(18)32)17-8-6-16(27)7-9-17/h4,6-10,12,15H,5,11,13H2,1-3H3,(H,28,31).